The second-order valence-corrected chi connectivity index (χ2v) is 8.41. The van der Waals surface area contributed by atoms with Crippen LogP contribution in [0.2, 0.25) is 0 Å². The summed E-state index contributed by atoms with van der Waals surface area (Å²) in [5.74, 6) is 0.121. The topological polar surface area (TPSA) is 36.4 Å². The number of thiophene rings is 1. The number of benzene rings is 1. The van der Waals surface area contributed by atoms with E-state index in [0.29, 0.717) is 6.54 Å². The van der Waals surface area contributed by atoms with Crippen molar-refractivity contribution in [3.05, 3.63) is 51.8 Å². The van der Waals surface area contributed by atoms with Crippen molar-refractivity contribution in [3.8, 4) is 0 Å². The summed E-state index contributed by atoms with van der Waals surface area (Å²) in [4.78, 5) is 22.7. The minimum atomic E-state index is 0.121. The van der Waals surface area contributed by atoms with Crippen molar-refractivity contribution in [1.29, 1.82) is 0 Å². The van der Waals surface area contributed by atoms with E-state index < -0.39 is 0 Å². The van der Waals surface area contributed by atoms with E-state index in [1.54, 1.807) is 22.7 Å². The fraction of sp³-hybridized carbons (Fsp3) is 0.368. The quantitative estimate of drug-likeness (QED) is 0.655. The Morgan fingerprint density at radius 2 is 2.08 bits per heavy atom. The van der Waals surface area contributed by atoms with Crippen LogP contribution in [0.1, 0.15) is 27.5 Å². The molecule has 0 atom stereocenters. The van der Waals surface area contributed by atoms with Gasteiger partial charge in [-0.25, -0.2) is 4.98 Å². The molecule has 0 saturated carbocycles. The lowest BCUT2D eigenvalue weighted by Gasteiger charge is -2.24. The summed E-state index contributed by atoms with van der Waals surface area (Å²) in [6, 6.07) is 10.2. The van der Waals surface area contributed by atoms with Crippen molar-refractivity contribution < 1.29 is 4.79 Å². The van der Waals surface area contributed by atoms with Crippen LogP contribution in [0, 0.1) is 0 Å². The standard InChI is InChI=1S/C19H21N3OS2/c23-19(17-13-15-5-1-2-6-16(15)25-17)22(14-18-20-7-12-24-18)11-10-21-8-3-4-9-21/h1-2,5-7,12-13H,3-4,8-11,14H2. The number of aromatic nitrogens is 1. The number of rotatable bonds is 6. The number of thiazole rings is 1. The predicted octanol–water partition coefficient (Wildman–Crippen LogP) is 4.10. The molecule has 1 aliphatic heterocycles. The van der Waals surface area contributed by atoms with Crippen LogP contribution in [-0.4, -0.2) is 46.9 Å². The van der Waals surface area contributed by atoms with Gasteiger partial charge in [0.15, 0.2) is 0 Å². The van der Waals surface area contributed by atoms with Gasteiger partial charge >= 0.3 is 0 Å². The van der Waals surface area contributed by atoms with E-state index in [1.165, 1.54) is 17.5 Å². The van der Waals surface area contributed by atoms with Gasteiger partial charge in [-0.3, -0.25) is 4.79 Å². The van der Waals surface area contributed by atoms with Crippen molar-refractivity contribution in [2.75, 3.05) is 26.2 Å². The zero-order valence-electron chi connectivity index (χ0n) is 14.1. The zero-order valence-corrected chi connectivity index (χ0v) is 15.7. The van der Waals surface area contributed by atoms with Crippen LogP contribution in [0.25, 0.3) is 10.1 Å². The van der Waals surface area contributed by atoms with E-state index in [-0.39, 0.29) is 5.91 Å². The number of fused-ring (bicyclic) bond motifs is 1. The average molecular weight is 372 g/mol. The van der Waals surface area contributed by atoms with E-state index >= 15 is 0 Å². The maximum absolute atomic E-state index is 13.1. The third kappa shape index (κ3) is 3.92. The highest BCUT2D eigenvalue weighted by Gasteiger charge is 2.21. The summed E-state index contributed by atoms with van der Waals surface area (Å²) in [7, 11) is 0. The molecule has 3 aromatic rings. The van der Waals surface area contributed by atoms with Crippen LogP contribution in [0.15, 0.2) is 41.9 Å². The SMILES string of the molecule is O=C(c1cc2ccccc2s1)N(CCN1CCCC1)Cc1nccs1. The minimum absolute atomic E-state index is 0.121. The number of nitrogens with zero attached hydrogens (tertiary/aromatic N) is 3. The van der Waals surface area contributed by atoms with Gasteiger partial charge in [-0.05, 0) is 43.5 Å². The summed E-state index contributed by atoms with van der Waals surface area (Å²) in [6.07, 6.45) is 4.36. The summed E-state index contributed by atoms with van der Waals surface area (Å²) in [5, 5.41) is 4.11. The molecule has 130 valence electrons. The monoisotopic (exact) mass is 371 g/mol. The fourth-order valence-corrected chi connectivity index (χ4v) is 4.92. The molecule has 3 heterocycles. The van der Waals surface area contributed by atoms with Gasteiger partial charge in [0.05, 0.1) is 11.4 Å². The highest BCUT2D eigenvalue weighted by Crippen LogP contribution is 2.27. The molecule has 1 saturated heterocycles. The van der Waals surface area contributed by atoms with Crippen LogP contribution in [0.5, 0.6) is 0 Å². The first-order chi connectivity index (χ1) is 12.3. The third-order valence-corrected chi connectivity index (χ3v) is 6.49. The van der Waals surface area contributed by atoms with E-state index in [9.17, 15) is 4.79 Å². The Hall–Kier alpha value is -1.76. The molecule has 0 N–H and O–H groups in total. The zero-order chi connectivity index (χ0) is 17.1. The summed E-state index contributed by atoms with van der Waals surface area (Å²) < 4.78 is 1.17. The van der Waals surface area contributed by atoms with Gasteiger partial charge in [0.25, 0.3) is 5.91 Å². The number of hydrogen-bond donors (Lipinski definition) is 0. The summed E-state index contributed by atoms with van der Waals surface area (Å²) in [5.41, 5.74) is 0. The number of carbonyl (C=O) groups is 1. The van der Waals surface area contributed by atoms with Crippen molar-refractivity contribution >= 4 is 38.7 Å². The Labute approximate surface area is 155 Å². The number of carbonyl (C=O) groups excluding carboxylic acids is 1. The molecule has 4 nitrogen and oxygen atoms in total. The molecule has 1 aromatic carbocycles. The molecule has 1 amide bonds. The van der Waals surface area contributed by atoms with Crippen LogP contribution >= 0.6 is 22.7 Å². The predicted molar refractivity (Wildman–Crippen MR) is 104 cm³/mol. The first-order valence-corrected chi connectivity index (χ1v) is 10.4. The molecule has 4 rings (SSSR count). The summed E-state index contributed by atoms with van der Waals surface area (Å²) >= 11 is 3.19. The molecule has 6 heteroatoms. The van der Waals surface area contributed by atoms with Gasteiger partial charge in [-0.2, -0.15) is 0 Å². The second-order valence-electron chi connectivity index (χ2n) is 6.35. The van der Waals surface area contributed by atoms with Gasteiger partial charge in [-0.1, -0.05) is 18.2 Å². The molecule has 0 unspecified atom stereocenters. The van der Waals surface area contributed by atoms with E-state index in [1.807, 2.05) is 34.7 Å². The molecule has 0 spiro atoms. The van der Waals surface area contributed by atoms with Crippen molar-refractivity contribution in [3.63, 3.8) is 0 Å². The highest BCUT2D eigenvalue weighted by atomic mass is 32.1. The maximum Gasteiger partial charge on any atom is 0.264 e. The second kappa shape index (κ2) is 7.64. The van der Waals surface area contributed by atoms with Gasteiger partial charge < -0.3 is 9.80 Å². The van der Waals surface area contributed by atoms with E-state index in [2.05, 4.69) is 22.0 Å². The van der Waals surface area contributed by atoms with Gasteiger partial charge in [0.1, 0.15) is 5.01 Å². The lowest BCUT2D eigenvalue weighted by molar-refractivity contribution is 0.0732. The van der Waals surface area contributed by atoms with Crippen LogP contribution < -0.4 is 0 Å². The summed E-state index contributed by atoms with van der Waals surface area (Å²) in [6.45, 7) is 4.61. The van der Waals surface area contributed by atoms with E-state index in [4.69, 9.17) is 0 Å². The van der Waals surface area contributed by atoms with Crippen molar-refractivity contribution in [2.24, 2.45) is 0 Å². The molecular weight excluding hydrogens is 350 g/mol. The molecule has 25 heavy (non-hydrogen) atoms. The normalized spacial score (nSPS) is 15.0. The van der Waals surface area contributed by atoms with Gasteiger partial charge in [-0.15, -0.1) is 22.7 Å². The minimum Gasteiger partial charge on any atom is -0.330 e. The van der Waals surface area contributed by atoms with E-state index in [0.717, 1.165) is 41.5 Å². The highest BCUT2D eigenvalue weighted by molar-refractivity contribution is 7.20. The number of likely N-dealkylation sites (tertiary alicyclic amines) is 1. The van der Waals surface area contributed by atoms with Crippen LogP contribution in [-0.2, 0) is 6.54 Å². The first kappa shape index (κ1) is 16.7. The largest absolute Gasteiger partial charge is 0.330 e. The molecule has 2 aromatic heterocycles. The maximum atomic E-state index is 13.1. The van der Waals surface area contributed by atoms with Gasteiger partial charge in [0, 0.05) is 29.4 Å². The fourth-order valence-electron chi connectivity index (χ4n) is 3.26. The molecule has 0 radical (unpaired) electrons. The Balaban J connectivity index is 1.53. The molecule has 1 fully saturated rings. The first-order valence-electron chi connectivity index (χ1n) is 8.68. The number of amides is 1. The van der Waals surface area contributed by atoms with Crippen LogP contribution in [0.4, 0.5) is 0 Å². The lowest BCUT2D eigenvalue weighted by Crippen LogP contribution is -2.37. The molecular formula is C19H21N3OS2. The van der Waals surface area contributed by atoms with Crippen LogP contribution in [0.3, 0.4) is 0 Å². The Morgan fingerprint density at radius 3 is 2.84 bits per heavy atom. The van der Waals surface area contributed by atoms with Crippen molar-refractivity contribution in [2.45, 2.75) is 19.4 Å². The van der Waals surface area contributed by atoms with Gasteiger partial charge in [0.2, 0.25) is 0 Å². The molecule has 0 bridgehead atoms. The smallest absolute Gasteiger partial charge is 0.264 e. The number of hydrogen-bond acceptors (Lipinski definition) is 5. The molecule has 1 aliphatic rings. The lowest BCUT2D eigenvalue weighted by atomic mass is 10.2. The Morgan fingerprint density at radius 1 is 1.24 bits per heavy atom. The average Bonchev–Trinajstić information content (AvgIpc) is 3.39. The molecule has 0 aliphatic carbocycles. The Bertz CT molecular complexity index is 804. The van der Waals surface area contributed by atoms with Crippen molar-refractivity contribution in [1.82, 2.24) is 14.8 Å². The Kier molecular flexibility index (Phi) is 5.10. The third-order valence-electron chi connectivity index (χ3n) is 4.62.